The number of ether oxygens (including phenoxy) is 2. The number of carbonyl (C=O) groups excluding carboxylic acids is 1. The summed E-state index contributed by atoms with van der Waals surface area (Å²) in [6.45, 7) is 3.41. The summed E-state index contributed by atoms with van der Waals surface area (Å²) in [4.78, 5) is 26.5. The fraction of sp³-hybridized carbons (Fsp3) is 0.407. The number of amides is 1. The Bertz CT molecular complexity index is 1670. The van der Waals surface area contributed by atoms with Gasteiger partial charge in [-0.1, -0.05) is 6.92 Å². The number of methoxy groups -OCH3 is 1. The lowest BCUT2D eigenvalue weighted by atomic mass is 9.83. The maximum absolute atomic E-state index is 13.5. The topological polar surface area (TPSA) is 164 Å². The third-order valence-electron chi connectivity index (χ3n) is 7.14. The molecule has 1 aliphatic rings. The van der Waals surface area contributed by atoms with E-state index in [1.54, 1.807) is 13.8 Å². The van der Waals surface area contributed by atoms with E-state index in [4.69, 9.17) is 20.3 Å². The highest BCUT2D eigenvalue weighted by Crippen LogP contribution is 2.42. The molecule has 4 rings (SSSR count). The van der Waals surface area contributed by atoms with Gasteiger partial charge in [-0.3, -0.25) is 4.90 Å². The van der Waals surface area contributed by atoms with Crippen molar-refractivity contribution in [3.05, 3.63) is 70.4 Å². The van der Waals surface area contributed by atoms with Crippen molar-refractivity contribution in [3.63, 3.8) is 0 Å². The van der Waals surface area contributed by atoms with Crippen LogP contribution in [-0.2, 0) is 33.5 Å². The Hall–Kier alpha value is -4.03. The zero-order valence-electron chi connectivity index (χ0n) is 24.0. The van der Waals surface area contributed by atoms with E-state index in [1.165, 1.54) is 24.1 Å². The number of halogens is 6. The van der Waals surface area contributed by atoms with E-state index in [0.29, 0.717) is 18.6 Å². The molecule has 0 spiro atoms. The van der Waals surface area contributed by atoms with Gasteiger partial charge in [-0.25, -0.2) is 33.3 Å². The largest absolute Gasteiger partial charge is 0.481 e. The third-order valence-corrected chi connectivity index (χ3v) is 8.09. The first-order valence-corrected chi connectivity index (χ1v) is 14.9. The number of hydrogen-bond acceptors (Lipinski definition) is 9. The zero-order valence-corrected chi connectivity index (χ0v) is 24.8. The van der Waals surface area contributed by atoms with Gasteiger partial charge in [0.05, 0.1) is 60.1 Å². The molecule has 2 aromatic heterocycles. The highest BCUT2D eigenvalue weighted by atomic mass is 32.2. The normalized spacial score (nSPS) is 18.8. The first-order valence-electron chi connectivity index (χ1n) is 13.3. The standard InChI is InChI=1S/C27H28F6N6O5S/c1-4-17-22(34)21(23-18(6-7-20(38-23)43-3)39(17)25(40)44-5-2)24-36-12-19(45(35,41)42)16(37-24)10-13-8-14(26(28,29)30)11-15(9-13)27(31,32)33/h6-9,11-12,17,21-22H,4-5,10,34H2,1-3H3,(H2,35,41,42). The van der Waals surface area contributed by atoms with Crippen LogP contribution in [0.2, 0.25) is 0 Å². The Morgan fingerprint density at radius 1 is 1.02 bits per heavy atom. The molecule has 0 saturated heterocycles. The number of sulfonamides is 1. The van der Waals surface area contributed by atoms with E-state index < -0.39 is 80.2 Å². The number of rotatable bonds is 7. The first-order chi connectivity index (χ1) is 20.9. The molecule has 0 saturated carbocycles. The predicted octanol–water partition coefficient (Wildman–Crippen LogP) is 4.37. The summed E-state index contributed by atoms with van der Waals surface area (Å²) in [6, 6.07) is 2.16. The van der Waals surface area contributed by atoms with Gasteiger partial charge < -0.3 is 15.2 Å². The van der Waals surface area contributed by atoms with Crippen LogP contribution >= 0.6 is 0 Å². The summed E-state index contributed by atoms with van der Waals surface area (Å²) >= 11 is 0. The number of nitrogens with zero attached hydrogens (tertiary/aromatic N) is 4. The molecule has 0 aliphatic carbocycles. The molecule has 45 heavy (non-hydrogen) atoms. The molecule has 3 heterocycles. The van der Waals surface area contributed by atoms with E-state index in [0.717, 1.165) is 6.20 Å². The molecule has 18 heteroatoms. The van der Waals surface area contributed by atoms with Gasteiger partial charge in [0.25, 0.3) is 0 Å². The third kappa shape index (κ3) is 6.96. The van der Waals surface area contributed by atoms with Crippen LogP contribution < -0.4 is 20.5 Å². The summed E-state index contributed by atoms with van der Waals surface area (Å²) < 4.78 is 116. The fourth-order valence-corrected chi connectivity index (χ4v) is 5.82. The number of nitrogens with two attached hydrogens (primary N) is 2. The van der Waals surface area contributed by atoms with Crippen LogP contribution in [0.15, 0.2) is 41.4 Å². The molecule has 1 aliphatic heterocycles. The summed E-state index contributed by atoms with van der Waals surface area (Å²) in [7, 11) is -3.27. The lowest BCUT2D eigenvalue weighted by molar-refractivity contribution is -0.143. The van der Waals surface area contributed by atoms with Crippen molar-refractivity contribution in [3.8, 4) is 5.88 Å². The van der Waals surface area contributed by atoms with Crippen LogP contribution in [-0.4, -0.2) is 55.3 Å². The van der Waals surface area contributed by atoms with Crippen LogP contribution in [0.4, 0.5) is 36.8 Å². The van der Waals surface area contributed by atoms with Crippen molar-refractivity contribution in [2.45, 2.75) is 61.9 Å². The minimum Gasteiger partial charge on any atom is -0.481 e. The molecule has 4 N–H and O–H groups in total. The van der Waals surface area contributed by atoms with Crippen LogP contribution in [0.3, 0.4) is 0 Å². The molecule has 0 fully saturated rings. The van der Waals surface area contributed by atoms with Crippen LogP contribution in [0.5, 0.6) is 5.88 Å². The quantitative estimate of drug-likeness (QED) is 0.350. The smallest absolute Gasteiger partial charge is 0.416 e. The summed E-state index contributed by atoms with van der Waals surface area (Å²) in [5.41, 5.74) is 2.83. The second-order valence-corrected chi connectivity index (χ2v) is 11.6. The fourth-order valence-electron chi connectivity index (χ4n) is 5.18. The van der Waals surface area contributed by atoms with Crippen molar-refractivity contribution in [2.75, 3.05) is 18.6 Å². The number of carbonyl (C=O) groups is 1. The number of benzene rings is 1. The zero-order chi connectivity index (χ0) is 33.5. The number of hydrogen-bond donors (Lipinski definition) is 2. The molecular formula is C27H28F6N6O5S. The summed E-state index contributed by atoms with van der Waals surface area (Å²) in [5, 5.41) is 5.32. The van der Waals surface area contributed by atoms with Crippen LogP contribution in [0.1, 0.15) is 60.1 Å². The second-order valence-electron chi connectivity index (χ2n) is 10.0. The van der Waals surface area contributed by atoms with Gasteiger partial charge in [0.1, 0.15) is 10.7 Å². The number of primary sulfonamides is 1. The molecule has 1 aromatic carbocycles. The van der Waals surface area contributed by atoms with Crippen molar-refractivity contribution in [2.24, 2.45) is 10.9 Å². The molecule has 0 radical (unpaired) electrons. The average Bonchev–Trinajstić information content (AvgIpc) is 2.94. The minimum absolute atomic E-state index is 0.0489. The molecule has 3 unspecified atom stereocenters. The molecule has 1 amide bonds. The maximum atomic E-state index is 13.5. The number of aromatic nitrogens is 3. The van der Waals surface area contributed by atoms with Crippen molar-refractivity contribution >= 4 is 21.8 Å². The predicted molar refractivity (Wildman–Crippen MR) is 147 cm³/mol. The van der Waals surface area contributed by atoms with E-state index in [1.807, 2.05) is 0 Å². The Kier molecular flexibility index (Phi) is 9.33. The average molecular weight is 663 g/mol. The van der Waals surface area contributed by atoms with Crippen molar-refractivity contribution in [1.82, 2.24) is 15.0 Å². The molecule has 3 aromatic rings. The van der Waals surface area contributed by atoms with Gasteiger partial charge in [0, 0.05) is 18.5 Å². The second kappa shape index (κ2) is 12.4. The number of pyridine rings is 1. The molecule has 3 atom stereocenters. The molecular weight excluding hydrogens is 634 g/mol. The Balaban J connectivity index is 1.93. The van der Waals surface area contributed by atoms with Gasteiger partial charge in [0.15, 0.2) is 0 Å². The Morgan fingerprint density at radius 2 is 1.64 bits per heavy atom. The SMILES string of the molecule is CCOC(=O)N1c2ccc(OC)nc2C(c2ncc(S(N)(=O)=O)c(Cc3cc(C(F)(F)F)cc(C(F)(F)F)c3)n2)C(N)C1CC. The van der Waals surface area contributed by atoms with Crippen molar-refractivity contribution in [1.29, 1.82) is 0 Å². The van der Waals surface area contributed by atoms with Crippen LogP contribution in [0, 0.1) is 0 Å². The molecule has 244 valence electrons. The van der Waals surface area contributed by atoms with Gasteiger partial charge in [-0.15, -0.1) is 0 Å². The number of anilines is 1. The van der Waals surface area contributed by atoms with E-state index in [-0.39, 0.29) is 35.8 Å². The van der Waals surface area contributed by atoms with Gasteiger partial charge in [-0.05, 0) is 43.2 Å². The first kappa shape index (κ1) is 33.9. The van der Waals surface area contributed by atoms with E-state index >= 15 is 0 Å². The van der Waals surface area contributed by atoms with E-state index in [9.17, 15) is 39.6 Å². The Labute approximate surface area is 253 Å². The van der Waals surface area contributed by atoms with Crippen molar-refractivity contribution < 1.29 is 49.0 Å². The lowest BCUT2D eigenvalue weighted by Gasteiger charge is -2.43. The molecule has 0 bridgehead atoms. The Morgan fingerprint density at radius 3 is 2.16 bits per heavy atom. The summed E-state index contributed by atoms with van der Waals surface area (Å²) in [6.07, 6.45) is -10.7. The summed E-state index contributed by atoms with van der Waals surface area (Å²) in [5.74, 6) is -1.11. The minimum atomic E-state index is -5.14. The van der Waals surface area contributed by atoms with Gasteiger partial charge in [0.2, 0.25) is 15.9 Å². The lowest BCUT2D eigenvalue weighted by Crippen LogP contribution is -2.57. The van der Waals surface area contributed by atoms with Gasteiger partial charge in [-0.2, -0.15) is 26.3 Å². The molecule has 11 nitrogen and oxygen atoms in total. The number of alkyl halides is 6. The van der Waals surface area contributed by atoms with E-state index in [2.05, 4.69) is 15.0 Å². The number of fused-ring (bicyclic) bond motifs is 1. The maximum Gasteiger partial charge on any atom is 0.416 e. The van der Waals surface area contributed by atoms with Crippen LogP contribution in [0.25, 0.3) is 0 Å². The van der Waals surface area contributed by atoms with Gasteiger partial charge >= 0.3 is 18.4 Å². The highest BCUT2D eigenvalue weighted by Gasteiger charge is 2.45. The monoisotopic (exact) mass is 662 g/mol. The highest BCUT2D eigenvalue weighted by molar-refractivity contribution is 7.89.